The number of methoxy groups -OCH3 is 1. The number of halogens is 1. The van der Waals surface area contributed by atoms with Crippen LogP contribution in [0, 0.1) is 0 Å². The molecule has 0 heterocycles. The van der Waals surface area contributed by atoms with Crippen LogP contribution < -0.4 is 5.32 Å². The van der Waals surface area contributed by atoms with E-state index in [1.54, 1.807) is 13.1 Å². The van der Waals surface area contributed by atoms with Crippen molar-refractivity contribution in [2.75, 3.05) is 32.6 Å². The Labute approximate surface area is 115 Å². The minimum absolute atomic E-state index is 0.0739. The Bertz CT molecular complexity index is 479. The molecule has 1 aromatic rings. The summed E-state index contributed by atoms with van der Waals surface area (Å²) in [4.78, 5) is 24.3. The van der Waals surface area contributed by atoms with Crippen LogP contribution in [0.2, 0.25) is 5.02 Å². The summed E-state index contributed by atoms with van der Waals surface area (Å²) in [7, 11) is 3.12. The van der Waals surface area contributed by atoms with E-state index >= 15 is 0 Å². The summed E-state index contributed by atoms with van der Waals surface area (Å²) in [6, 6.07) is 4.08. The second-order valence-electron chi connectivity index (χ2n) is 3.81. The Balaban J connectivity index is 2.85. The first-order valence-electron chi connectivity index (χ1n) is 5.50. The van der Waals surface area contributed by atoms with Crippen molar-refractivity contribution in [2.45, 2.75) is 0 Å². The largest absolute Gasteiger partial charge is 0.478 e. The van der Waals surface area contributed by atoms with Gasteiger partial charge in [-0.05, 0) is 12.1 Å². The van der Waals surface area contributed by atoms with Crippen molar-refractivity contribution < 1.29 is 19.4 Å². The van der Waals surface area contributed by atoms with Gasteiger partial charge in [0.1, 0.15) is 5.56 Å². The summed E-state index contributed by atoms with van der Waals surface area (Å²) in [5.41, 5.74) is 0.0342. The SMILES string of the molecule is COCCN(C)C(=O)Nc1cccc(Cl)c1C(=O)O. The molecule has 0 radical (unpaired) electrons. The molecule has 0 saturated carbocycles. The molecule has 0 aromatic heterocycles. The molecule has 0 aliphatic carbocycles. The van der Waals surface area contributed by atoms with Crippen molar-refractivity contribution in [2.24, 2.45) is 0 Å². The number of ether oxygens (including phenoxy) is 1. The highest BCUT2D eigenvalue weighted by atomic mass is 35.5. The first-order valence-corrected chi connectivity index (χ1v) is 5.88. The maximum absolute atomic E-state index is 11.8. The van der Waals surface area contributed by atoms with Crippen molar-refractivity contribution in [1.82, 2.24) is 4.90 Å². The van der Waals surface area contributed by atoms with Crippen molar-refractivity contribution in [3.05, 3.63) is 28.8 Å². The summed E-state index contributed by atoms with van der Waals surface area (Å²) in [5, 5.41) is 11.7. The summed E-state index contributed by atoms with van der Waals surface area (Å²) in [6.45, 7) is 0.788. The van der Waals surface area contributed by atoms with E-state index in [-0.39, 0.29) is 16.3 Å². The van der Waals surface area contributed by atoms with Gasteiger partial charge in [-0.25, -0.2) is 9.59 Å². The van der Waals surface area contributed by atoms with Gasteiger partial charge in [-0.3, -0.25) is 0 Å². The molecule has 2 N–H and O–H groups in total. The highest BCUT2D eigenvalue weighted by Crippen LogP contribution is 2.24. The van der Waals surface area contributed by atoms with E-state index in [9.17, 15) is 9.59 Å². The highest BCUT2D eigenvalue weighted by molar-refractivity contribution is 6.34. The minimum atomic E-state index is -1.19. The Morgan fingerprint density at radius 2 is 2.16 bits per heavy atom. The van der Waals surface area contributed by atoms with Crippen LogP contribution in [0.25, 0.3) is 0 Å². The number of urea groups is 1. The summed E-state index contributed by atoms with van der Waals surface area (Å²) >= 11 is 5.81. The normalized spacial score (nSPS) is 10.1. The third kappa shape index (κ3) is 4.11. The highest BCUT2D eigenvalue weighted by Gasteiger charge is 2.17. The molecule has 7 heteroatoms. The number of nitrogens with zero attached hydrogens (tertiary/aromatic N) is 1. The number of amides is 2. The van der Waals surface area contributed by atoms with E-state index in [2.05, 4.69) is 5.32 Å². The van der Waals surface area contributed by atoms with E-state index in [0.717, 1.165) is 0 Å². The Kier molecular flexibility index (Phi) is 5.59. The molecule has 0 spiro atoms. The van der Waals surface area contributed by atoms with Crippen molar-refractivity contribution in [3.8, 4) is 0 Å². The van der Waals surface area contributed by atoms with E-state index < -0.39 is 12.0 Å². The molecule has 1 rings (SSSR count). The molecule has 0 saturated heterocycles. The topological polar surface area (TPSA) is 78.9 Å². The number of carbonyl (C=O) groups excluding carboxylic acids is 1. The average molecular weight is 287 g/mol. The maximum Gasteiger partial charge on any atom is 0.339 e. The average Bonchev–Trinajstić information content (AvgIpc) is 2.35. The number of rotatable bonds is 5. The van der Waals surface area contributed by atoms with Gasteiger partial charge in [0, 0.05) is 20.7 Å². The van der Waals surface area contributed by atoms with Crippen LogP contribution in [0.1, 0.15) is 10.4 Å². The molecule has 0 unspecified atom stereocenters. The number of anilines is 1. The second kappa shape index (κ2) is 6.96. The number of likely N-dealkylation sites (N-methyl/N-ethyl adjacent to an activating group) is 1. The number of carbonyl (C=O) groups is 2. The quantitative estimate of drug-likeness (QED) is 0.869. The summed E-state index contributed by atoms with van der Waals surface area (Å²) < 4.78 is 4.86. The van der Waals surface area contributed by atoms with Gasteiger partial charge in [0.25, 0.3) is 0 Å². The number of aromatic carboxylic acids is 1. The van der Waals surface area contributed by atoms with Crippen LogP contribution in [0.3, 0.4) is 0 Å². The number of hydrogen-bond acceptors (Lipinski definition) is 3. The Morgan fingerprint density at radius 1 is 1.47 bits per heavy atom. The first kappa shape index (κ1) is 15.3. The smallest absolute Gasteiger partial charge is 0.339 e. The van der Waals surface area contributed by atoms with Crippen LogP contribution in [0.4, 0.5) is 10.5 Å². The number of benzene rings is 1. The van der Waals surface area contributed by atoms with Crippen molar-refractivity contribution in [1.29, 1.82) is 0 Å². The minimum Gasteiger partial charge on any atom is -0.478 e. The predicted molar refractivity (Wildman–Crippen MR) is 71.9 cm³/mol. The molecule has 0 aliphatic heterocycles. The molecule has 104 valence electrons. The molecule has 0 atom stereocenters. The molecule has 19 heavy (non-hydrogen) atoms. The van der Waals surface area contributed by atoms with Gasteiger partial charge in [0.15, 0.2) is 0 Å². The van der Waals surface area contributed by atoms with E-state index in [4.69, 9.17) is 21.4 Å². The lowest BCUT2D eigenvalue weighted by Gasteiger charge is -2.18. The fraction of sp³-hybridized carbons (Fsp3) is 0.333. The lowest BCUT2D eigenvalue weighted by atomic mass is 10.2. The second-order valence-corrected chi connectivity index (χ2v) is 4.22. The van der Waals surface area contributed by atoms with Gasteiger partial charge >= 0.3 is 12.0 Å². The number of carboxylic acid groups (broad SMARTS) is 1. The van der Waals surface area contributed by atoms with E-state index in [1.807, 2.05) is 0 Å². The van der Waals surface area contributed by atoms with Crippen LogP contribution in [-0.4, -0.2) is 49.3 Å². The van der Waals surface area contributed by atoms with Gasteiger partial charge in [0.05, 0.1) is 17.3 Å². The third-order valence-electron chi connectivity index (χ3n) is 2.45. The fourth-order valence-electron chi connectivity index (χ4n) is 1.39. The molecular formula is C12H15ClN2O4. The van der Waals surface area contributed by atoms with Gasteiger partial charge in [0.2, 0.25) is 0 Å². The summed E-state index contributed by atoms with van der Waals surface area (Å²) in [6.07, 6.45) is 0. The maximum atomic E-state index is 11.8. The number of nitrogens with one attached hydrogen (secondary N) is 1. The van der Waals surface area contributed by atoms with Gasteiger partial charge in [-0.15, -0.1) is 0 Å². The monoisotopic (exact) mass is 286 g/mol. The zero-order chi connectivity index (χ0) is 14.4. The van der Waals surface area contributed by atoms with Gasteiger partial charge in [-0.2, -0.15) is 0 Å². The first-order chi connectivity index (χ1) is 8.97. The molecule has 0 bridgehead atoms. The lowest BCUT2D eigenvalue weighted by Crippen LogP contribution is -2.34. The van der Waals surface area contributed by atoms with Crippen LogP contribution in [0.15, 0.2) is 18.2 Å². The van der Waals surface area contributed by atoms with Crippen molar-refractivity contribution in [3.63, 3.8) is 0 Å². The fourth-order valence-corrected chi connectivity index (χ4v) is 1.64. The Hall–Kier alpha value is -1.79. The predicted octanol–water partition coefficient (Wildman–Crippen LogP) is 2.15. The molecular weight excluding hydrogens is 272 g/mol. The number of carboxylic acids is 1. The molecule has 1 aromatic carbocycles. The standard InChI is InChI=1S/C12H15ClN2O4/c1-15(6-7-19-2)12(18)14-9-5-3-4-8(13)10(9)11(16)17/h3-5H,6-7H2,1-2H3,(H,14,18)(H,16,17). The molecule has 0 fully saturated rings. The summed E-state index contributed by atoms with van der Waals surface area (Å²) in [5.74, 6) is -1.19. The zero-order valence-electron chi connectivity index (χ0n) is 10.6. The molecule has 2 amide bonds. The van der Waals surface area contributed by atoms with Gasteiger partial charge < -0.3 is 20.1 Å². The lowest BCUT2D eigenvalue weighted by molar-refractivity contribution is 0.0698. The van der Waals surface area contributed by atoms with Crippen LogP contribution in [0.5, 0.6) is 0 Å². The van der Waals surface area contributed by atoms with Crippen LogP contribution >= 0.6 is 11.6 Å². The number of hydrogen-bond donors (Lipinski definition) is 2. The molecule has 6 nitrogen and oxygen atoms in total. The van der Waals surface area contributed by atoms with Gasteiger partial charge in [-0.1, -0.05) is 17.7 Å². The van der Waals surface area contributed by atoms with E-state index in [0.29, 0.717) is 13.2 Å². The van der Waals surface area contributed by atoms with Crippen LogP contribution in [-0.2, 0) is 4.74 Å². The third-order valence-corrected chi connectivity index (χ3v) is 2.76. The molecule has 0 aliphatic rings. The Morgan fingerprint density at radius 3 is 2.74 bits per heavy atom. The zero-order valence-corrected chi connectivity index (χ0v) is 11.4. The van der Waals surface area contributed by atoms with E-state index in [1.165, 1.54) is 24.1 Å². The van der Waals surface area contributed by atoms with Crippen molar-refractivity contribution >= 4 is 29.3 Å².